The lowest BCUT2D eigenvalue weighted by molar-refractivity contribution is -0.138. The molecule has 1 fully saturated rings. The zero-order valence-electron chi connectivity index (χ0n) is 17.0. The molecular formula is C20H19ClF5N5O. The maximum absolute atomic E-state index is 15.1. The van der Waals surface area contributed by atoms with E-state index in [1.54, 1.807) is 0 Å². The molecule has 3 aromatic rings. The molecule has 12 heteroatoms. The van der Waals surface area contributed by atoms with Crippen LogP contribution in [0.15, 0.2) is 24.5 Å². The van der Waals surface area contributed by atoms with Crippen molar-refractivity contribution in [2.45, 2.75) is 44.1 Å². The van der Waals surface area contributed by atoms with Crippen LogP contribution >= 0.6 is 11.6 Å². The number of nitrogens with one attached hydrogen (secondary N) is 2. The van der Waals surface area contributed by atoms with E-state index >= 15 is 8.78 Å². The number of benzene rings is 1. The minimum atomic E-state index is -4.62. The molecule has 6 nitrogen and oxygen atoms in total. The van der Waals surface area contributed by atoms with Crippen LogP contribution in [0.1, 0.15) is 19.8 Å². The lowest BCUT2D eigenvalue weighted by atomic mass is 9.89. The first-order valence-electron chi connectivity index (χ1n) is 9.77. The molecule has 1 aromatic carbocycles. The minimum Gasteiger partial charge on any atom is -0.490 e. The van der Waals surface area contributed by atoms with E-state index in [0.29, 0.717) is 12.8 Å². The Labute approximate surface area is 184 Å². The van der Waals surface area contributed by atoms with Gasteiger partial charge in [0, 0.05) is 30.6 Å². The number of anilines is 1. The van der Waals surface area contributed by atoms with Gasteiger partial charge in [0.25, 0.3) is 0 Å². The van der Waals surface area contributed by atoms with E-state index in [1.807, 2.05) is 7.05 Å². The van der Waals surface area contributed by atoms with Gasteiger partial charge in [-0.25, -0.2) is 13.8 Å². The second-order valence-corrected chi connectivity index (χ2v) is 7.95. The SMILES string of the molecule is CNC1CC(Oc2cc(F)c(-c3c(Cl)nc4nccn4c3NC(C)C(F)(F)F)c(F)c2)C1. The number of alkyl halides is 3. The summed E-state index contributed by atoms with van der Waals surface area (Å²) < 4.78 is 76.6. The summed E-state index contributed by atoms with van der Waals surface area (Å²) in [7, 11) is 1.81. The maximum atomic E-state index is 15.1. The molecular weight excluding hydrogens is 457 g/mol. The quantitative estimate of drug-likeness (QED) is 0.395. The van der Waals surface area contributed by atoms with Crippen LogP contribution in [-0.2, 0) is 0 Å². The van der Waals surface area contributed by atoms with E-state index in [4.69, 9.17) is 16.3 Å². The Morgan fingerprint density at radius 3 is 2.44 bits per heavy atom. The van der Waals surface area contributed by atoms with Crippen molar-refractivity contribution in [2.24, 2.45) is 0 Å². The van der Waals surface area contributed by atoms with Gasteiger partial charge in [0.1, 0.15) is 40.5 Å². The van der Waals surface area contributed by atoms with Gasteiger partial charge in [0.05, 0.1) is 11.1 Å². The highest BCUT2D eigenvalue weighted by Gasteiger charge is 2.37. The summed E-state index contributed by atoms with van der Waals surface area (Å²) in [6.45, 7) is 0.877. The largest absolute Gasteiger partial charge is 0.490 e. The van der Waals surface area contributed by atoms with Crippen molar-refractivity contribution < 1.29 is 26.7 Å². The summed E-state index contributed by atoms with van der Waals surface area (Å²) in [5.74, 6) is -2.43. The van der Waals surface area contributed by atoms with Crippen molar-refractivity contribution in [1.29, 1.82) is 0 Å². The van der Waals surface area contributed by atoms with E-state index in [1.165, 1.54) is 12.4 Å². The molecule has 0 aliphatic heterocycles. The number of nitrogens with zero attached hydrogens (tertiary/aromatic N) is 3. The molecule has 1 atom stereocenters. The second-order valence-electron chi connectivity index (χ2n) is 7.59. The first-order chi connectivity index (χ1) is 15.1. The molecule has 2 aromatic heterocycles. The van der Waals surface area contributed by atoms with E-state index in [-0.39, 0.29) is 35.1 Å². The van der Waals surface area contributed by atoms with Crippen LogP contribution in [0.25, 0.3) is 16.9 Å². The van der Waals surface area contributed by atoms with E-state index < -0.39 is 34.6 Å². The van der Waals surface area contributed by atoms with E-state index in [2.05, 4.69) is 20.6 Å². The fraction of sp³-hybridized carbons (Fsp3) is 0.400. The zero-order chi connectivity index (χ0) is 23.2. The van der Waals surface area contributed by atoms with Crippen molar-refractivity contribution in [1.82, 2.24) is 19.7 Å². The molecule has 4 rings (SSSR count). The zero-order valence-corrected chi connectivity index (χ0v) is 17.7. The van der Waals surface area contributed by atoms with Gasteiger partial charge in [-0.3, -0.25) is 4.40 Å². The summed E-state index contributed by atoms with van der Waals surface area (Å²) in [6, 6.07) is 0.204. The van der Waals surface area contributed by atoms with Gasteiger partial charge in [-0.1, -0.05) is 11.6 Å². The third-order valence-corrected chi connectivity index (χ3v) is 5.69. The monoisotopic (exact) mass is 475 g/mol. The number of halogens is 6. The molecule has 0 saturated heterocycles. The Hall–Kier alpha value is -2.66. The van der Waals surface area contributed by atoms with E-state index in [0.717, 1.165) is 23.5 Å². The first-order valence-corrected chi connectivity index (χ1v) is 10.2. The van der Waals surface area contributed by atoms with Gasteiger partial charge in [0.15, 0.2) is 0 Å². The number of fused-ring (bicyclic) bond motifs is 1. The molecule has 2 heterocycles. The number of ether oxygens (including phenoxy) is 1. The summed E-state index contributed by atoms with van der Waals surface area (Å²) in [4.78, 5) is 7.86. The van der Waals surface area contributed by atoms with Gasteiger partial charge >= 0.3 is 6.18 Å². The molecule has 1 unspecified atom stereocenters. The summed E-state index contributed by atoms with van der Waals surface area (Å²) in [5, 5.41) is 4.93. The molecule has 1 aliphatic carbocycles. The molecule has 1 saturated carbocycles. The van der Waals surface area contributed by atoms with Gasteiger partial charge in [-0.15, -0.1) is 0 Å². The van der Waals surface area contributed by atoms with Crippen LogP contribution in [0.2, 0.25) is 5.15 Å². The van der Waals surface area contributed by atoms with Crippen molar-refractivity contribution in [3.63, 3.8) is 0 Å². The van der Waals surface area contributed by atoms with Crippen LogP contribution < -0.4 is 15.4 Å². The summed E-state index contributed by atoms with van der Waals surface area (Å²) >= 11 is 6.17. The van der Waals surface area contributed by atoms with Crippen LogP contribution in [0, 0.1) is 11.6 Å². The van der Waals surface area contributed by atoms with Crippen molar-refractivity contribution in [3.8, 4) is 16.9 Å². The molecule has 0 amide bonds. The highest BCUT2D eigenvalue weighted by Crippen LogP contribution is 2.40. The summed E-state index contributed by atoms with van der Waals surface area (Å²) in [6.07, 6.45) is -0.824. The lowest BCUT2D eigenvalue weighted by Crippen LogP contribution is -2.45. The fourth-order valence-electron chi connectivity index (χ4n) is 3.51. The van der Waals surface area contributed by atoms with Crippen LogP contribution in [-0.4, -0.2) is 45.8 Å². The van der Waals surface area contributed by atoms with Crippen LogP contribution in [0.4, 0.5) is 27.8 Å². The number of aromatic nitrogens is 3. The third kappa shape index (κ3) is 4.18. The molecule has 2 N–H and O–H groups in total. The third-order valence-electron chi connectivity index (χ3n) is 5.42. The number of hydrogen-bond acceptors (Lipinski definition) is 5. The standard InChI is InChI=1S/C20H19ClF5N5O/c1-9(20(24,25)26)29-18-16(17(21)30-19-28-3-4-31(18)19)15-13(22)7-12(8-14(15)23)32-11-5-10(6-11)27-2/h3-4,7-11,27,29H,5-6H2,1-2H3. The van der Waals surface area contributed by atoms with Crippen LogP contribution in [0.3, 0.4) is 0 Å². The Bertz CT molecular complexity index is 1120. The highest BCUT2D eigenvalue weighted by molar-refractivity contribution is 6.33. The second kappa shape index (κ2) is 8.36. The fourth-order valence-corrected chi connectivity index (χ4v) is 3.77. The van der Waals surface area contributed by atoms with Gasteiger partial charge in [-0.2, -0.15) is 18.2 Å². The smallest absolute Gasteiger partial charge is 0.408 e. The Balaban J connectivity index is 1.77. The van der Waals surface area contributed by atoms with Gasteiger partial charge < -0.3 is 15.4 Å². The predicted octanol–water partition coefficient (Wildman–Crippen LogP) is 4.82. The highest BCUT2D eigenvalue weighted by atomic mass is 35.5. The molecule has 0 spiro atoms. The lowest BCUT2D eigenvalue weighted by Gasteiger charge is -2.35. The number of rotatable bonds is 6. The van der Waals surface area contributed by atoms with Crippen LogP contribution in [0.5, 0.6) is 5.75 Å². The Kier molecular flexibility index (Phi) is 5.89. The topological polar surface area (TPSA) is 63.5 Å². The summed E-state index contributed by atoms with van der Waals surface area (Å²) in [5.41, 5.74) is -0.974. The maximum Gasteiger partial charge on any atom is 0.408 e. The Morgan fingerprint density at radius 1 is 1.19 bits per heavy atom. The molecule has 1 aliphatic rings. The first kappa shape index (κ1) is 22.5. The normalized spacial score (nSPS) is 19.6. The number of hydrogen-bond donors (Lipinski definition) is 2. The average molecular weight is 476 g/mol. The minimum absolute atomic E-state index is 0.0192. The Morgan fingerprint density at radius 2 is 1.84 bits per heavy atom. The molecule has 0 radical (unpaired) electrons. The van der Waals surface area contributed by atoms with E-state index in [9.17, 15) is 13.2 Å². The predicted molar refractivity (Wildman–Crippen MR) is 109 cm³/mol. The molecule has 0 bridgehead atoms. The number of imidazole rings is 1. The molecule has 172 valence electrons. The van der Waals surface area contributed by atoms with Gasteiger partial charge in [0.2, 0.25) is 5.78 Å². The van der Waals surface area contributed by atoms with Crippen molar-refractivity contribution >= 4 is 23.2 Å². The van der Waals surface area contributed by atoms with Crippen molar-refractivity contribution in [3.05, 3.63) is 41.3 Å². The van der Waals surface area contributed by atoms with Gasteiger partial charge in [-0.05, 0) is 26.8 Å². The molecule has 32 heavy (non-hydrogen) atoms. The average Bonchev–Trinajstić information content (AvgIpc) is 3.13. The van der Waals surface area contributed by atoms with Crippen molar-refractivity contribution in [2.75, 3.05) is 12.4 Å².